The van der Waals surface area contributed by atoms with Gasteiger partial charge in [-0.2, -0.15) is 8.42 Å². The first-order chi connectivity index (χ1) is 14.5. The van der Waals surface area contributed by atoms with Crippen LogP contribution < -0.4 is 4.74 Å². The molecule has 0 N–H and O–H groups in total. The Bertz CT molecular complexity index is 927. The third-order valence-electron chi connectivity index (χ3n) is 3.96. The molecule has 0 spiro atoms. The van der Waals surface area contributed by atoms with E-state index in [1.165, 1.54) is 12.1 Å². The van der Waals surface area contributed by atoms with Gasteiger partial charge in [0.25, 0.3) is 10.1 Å². The molecular formula is C23H30O7S. The number of carbonyl (C=O) groups excluding carboxylic acids is 1. The van der Waals surface area contributed by atoms with Gasteiger partial charge in [-0.25, -0.2) is 0 Å². The predicted octanol–water partition coefficient (Wildman–Crippen LogP) is 3.68. The molecule has 0 saturated heterocycles. The molecule has 0 saturated carbocycles. The van der Waals surface area contributed by atoms with E-state index >= 15 is 0 Å². The lowest BCUT2D eigenvalue weighted by Crippen LogP contribution is -2.24. The van der Waals surface area contributed by atoms with Gasteiger partial charge in [-0.05, 0) is 57.5 Å². The van der Waals surface area contributed by atoms with Crippen molar-refractivity contribution >= 4 is 16.1 Å². The van der Waals surface area contributed by atoms with Gasteiger partial charge in [-0.1, -0.05) is 29.8 Å². The van der Waals surface area contributed by atoms with Crippen molar-refractivity contribution in [3.63, 3.8) is 0 Å². The summed E-state index contributed by atoms with van der Waals surface area (Å²) < 4.78 is 45.3. The summed E-state index contributed by atoms with van der Waals surface area (Å²) in [7, 11) is -3.78. The van der Waals surface area contributed by atoms with Crippen LogP contribution in [0.4, 0.5) is 0 Å². The van der Waals surface area contributed by atoms with E-state index < -0.39 is 15.7 Å². The molecule has 0 amide bonds. The van der Waals surface area contributed by atoms with Gasteiger partial charge in [-0.3, -0.25) is 8.98 Å². The molecule has 0 fully saturated rings. The third-order valence-corrected chi connectivity index (χ3v) is 5.29. The zero-order chi connectivity index (χ0) is 22.9. The molecule has 0 aliphatic heterocycles. The summed E-state index contributed by atoms with van der Waals surface area (Å²) >= 11 is 0. The molecule has 0 unspecified atom stereocenters. The van der Waals surface area contributed by atoms with E-state index in [4.69, 9.17) is 18.4 Å². The normalized spacial score (nSPS) is 11.9. The quantitative estimate of drug-likeness (QED) is 0.293. The Kier molecular flexibility index (Phi) is 9.03. The summed E-state index contributed by atoms with van der Waals surface area (Å²) in [5.74, 6) is 0.371. The smallest absolute Gasteiger partial charge is 0.310 e. The van der Waals surface area contributed by atoms with Crippen molar-refractivity contribution in [3.05, 3.63) is 59.7 Å². The van der Waals surface area contributed by atoms with E-state index in [1.807, 2.05) is 39.8 Å². The summed E-state index contributed by atoms with van der Waals surface area (Å²) in [6.45, 7) is 8.02. The fourth-order valence-electron chi connectivity index (χ4n) is 2.54. The molecule has 170 valence electrons. The molecule has 2 aromatic carbocycles. The van der Waals surface area contributed by atoms with Gasteiger partial charge < -0.3 is 14.2 Å². The van der Waals surface area contributed by atoms with Crippen LogP contribution in [0, 0.1) is 6.92 Å². The molecule has 0 heterocycles. The first kappa shape index (κ1) is 24.8. The minimum Gasteiger partial charge on any atom is -0.491 e. The standard InChI is InChI=1S/C23H30O7S/c1-18-5-11-21(12-6-18)31(25,26)29-16-14-27-13-15-28-20-9-7-19(8-10-20)17-22(24)30-23(2,3)4/h5-12H,13-17H2,1-4H3. The van der Waals surface area contributed by atoms with Crippen molar-refractivity contribution in [2.75, 3.05) is 26.4 Å². The summed E-state index contributed by atoms with van der Waals surface area (Å²) in [6, 6.07) is 13.6. The zero-order valence-corrected chi connectivity index (χ0v) is 19.2. The monoisotopic (exact) mass is 450 g/mol. The van der Waals surface area contributed by atoms with Crippen LogP contribution in [0.15, 0.2) is 53.4 Å². The number of hydrogen-bond acceptors (Lipinski definition) is 7. The molecule has 31 heavy (non-hydrogen) atoms. The van der Waals surface area contributed by atoms with Crippen LogP contribution in [0.2, 0.25) is 0 Å². The average molecular weight is 451 g/mol. The van der Waals surface area contributed by atoms with Gasteiger partial charge in [0.1, 0.15) is 18.0 Å². The average Bonchev–Trinajstić information content (AvgIpc) is 2.67. The van der Waals surface area contributed by atoms with E-state index in [-0.39, 0.29) is 37.1 Å². The number of esters is 1. The van der Waals surface area contributed by atoms with Crippen LogP contribution in [0.3, 0.4) is 0 Å². The van der Waals surface area contributed by atoms with Crippen LogP contribution in [0.1, 0.15) is 31.9 Å². The van der Waals surface area contributed by atoms with E-state index in [0.29, 0.717) is 12.4 Å². The van der Waals surface area contributed by atoms with Crippen molar-refractivity contribution in [3.8, 4) is 5.75 Å². The number of carbonyl (C=O) groups is 1. The Morgan fingerprint density at radius 2 is 1.48 bits per heavy atom. The molecule has 0 bridgehead atoms. The lowest BCUT2D eigenvalue weighted by molar-refractivity contribution is -0.153. The van der Waals surface area contributed by atoms with Gasteiger partial charge in [0.15, 0.2) is 0 Å². The lowest BCUT2D eigenvalue weighted by Gasteiger charge is -2.19. The number of rotatable bonds is 11. The topological polar surface area (TPSA) is 88.1 Å². The van der Waals surface area contributed by atoms with Crippen LogP contribution in [0.25, 0.3) is 0 Å². The highest BCUT2D eigenvalue weighted by molar-refractivity contribution is 7.86. The second-order valence-corrected chi connectivity index (χ2v) is 9.57. The molecule has 0 aromatic heterocycles. The van der Waals surface area contributed by atoms with Gasteiger partial charge in [0, 0.05) is 0 Å². The zero-order valence-electron chi connectivity index (χ0n) is 18.4. The van der Waals surface area contributed by atoms with E-state index in [0.717, 1.165) is 11.1 Å². The minimum atomic E-state index is -3.78. The summed E-state index contributed by atoms with van der Waals surface area (Å²) in [5, 5.41) is 0. The largest absolute Gasteiger partial charge is 0.491 e. The summed E-state index contributed by atoms with van der Waals surface area (Å²) in [6.07, 6.45) is 0.201. The molecule has 0 aliphatic rings. The van der Waals surface area contributed by atoms with E-state index in [1.54, 1.807) is 24.3 Å². The van der Waals surface area contributed by atoms with Crippen molar-refractivity contribution in [1.82, 2.24) is 0 Å². The van der Waals surface area contributed by atoms with Crippen molar-refractivity contribution < 1.29 is 31.6 Å². The highest BCUT2D eigenvalue weighted by Gasteiger charge is 2.16. The molecule has 2 rings (SSSR count). The lowest BCUT2D eigenvalue weighted by atomic mass is 10.1. The molecule has 0 radical (unpaired) electrons. The predicted molar refractivity (Wildman–Crippen MR) is 117 cm³/mol. The Hall–Kier alpha value is -2.42. The number of hydrogen-bond donors (Lipinski definition) is 0. The first-order valence-electron chi connectivity index (χ1n) is 10.0. The number of ether oxygens (including phenoxy) is 3. The van der Waals surface area contributed by atoms with Gasteiger partial charge in [0.05, 0.1) is 31.1 Å². The van der Waals surface area contributed by atoms with Crippen molar-refractivity contribution in [1.29, 1.82) is 0 Å². The van der Waals surface area contributed by atoms with Crippen LogP contribution >= 0.6 is 0 Å². The molecule has 8 heteroatoms. The maximum absolute atomic E-state index is 12.0. The molecule has 0 aliphatic carbocycles. The summed E-state index contributed by atoms with van der Waals surface area (Å²) in [5.41, 5.74) is 1.31. The maximum Gasteiger partial charge on any atom is 0.310 e. The highest BCUT2D eigenvalue weighted by Crippen LogP contribution is 2.15. The van der Waals surface area contributed by atoms with Crippen molar-refractivity contribution in [2.24, 2.45) is 0 Å². The Morgan fingerprint density at radius 3 is 2.10 bits per heavy atom. The maximum atomic E-state index is 12.0. The fraction of sp³-hybridized carbons (Fsp3) is 0.435. The molecule has 0 atom stereocenters. The Labute approximate surface area is 184 Å². The SMILES string of the molecule is Cc1ccc(S(=O)(=O)OCCOCCOc2ccc(CC(=O)OC(C)(C)C)cc2)cc1. The van der Waals surface area contributed by atoms with Crippen molar-refractivity contribution in [2.45, 2.75) is 44.6 Å². The van der Waals surface area contributed by atoms with Crippen LogP contribution in [0.5, 0.6) is 5.75 Å². The second kappa shape index (κ2) is 11.3. The second-order valence-electron chi connectivity index (χ2n) is 7.96. The minimum absolute atomic E-state index is 0.0738. The molecule has 7 nitrogen and oxygen atoms in total. The van der Waals surface area contributed by atoms with Gasteiger partial charge in [-0.15, -0.1) is 0 Å². The summed E-state index contributed by atoms with van der Waals surface area (Å²) in [4.78, 5) is 12.0. The van der Waals surface area contributed by atoms with E-state index in [2.05, 4.69) is 0 Å². The Balaban J connectivity index is 1.62. The first-order valence-corrected chi connectivity index (χ1v) is 11.4. The highest BCUT2D eigenvalue weighted by atomic mass is 32.2. The van der Waals surface area contributed by atoms with Gasteiger partial charge >= 0.3 is 5.97 Å². The number of aryl methyl sites for hydroxylation is 1. The third kappa shape index (κ3) is 9.50. The molecule has 2 aromatic rings. The fourth-order valence-corrected chi connectivity index (χ4v) is 3.44. The van der Waals surface area contributed by atoms with Crippen LogP contribution in [-0.2, 0) is 35.0 Å². The Morgan fingerprint density at radius 1 is 0.871 bits per heavy atom. The molecular weight excluding hydrogens is 420 g/mol. The van der Waals surface area contributed by atoms with Gasteiger partial charge in [0.2, 0.25) is 0 Å². The van der Waals surface area contributed by atoms with Crippen LogP contribution in [-0.4, -0.2) is 46.4 Å². The number of benzene rings is 2. The van der Waals surface area contributed by atoms with E-state index in [9.17, 15) is 13.2 Å².